The third-order valence-electron chi connectivity index (χ3n) is 13.9. The van der Waals surface area contributed by atoms with Crippen LogP contribution in [0.5, 0.6) is 0 Å². The van der Waals surface area contributed by atoms with Gasteiger partial charge in [-0.2, -0.15) is 0 Å². The van der Waals surface area contributed by atoms with Crippen molar-refractivity contribution >= 4 is 87.0 Å². The first-order chi connectivity index (χ1) is 32.8. The molecule has 0 radical (unpaired) electrons. The number of furan rings is 2. The van der Waals surface area contributed by atoms with Crippen LogP contribution in [0.2, 0.25) is 0 Å². The van der Waals surface area contributed by atoms with Crippen LogP contribution in [-0.2, 0) is 0 Å². The fourth-order valence-corrected chi connectivity index (χ4v) is 11.1. The molecule has 0 spiro atoms. The van der Waals surface area contributed by atoms with Crippen LogP contribution in [0.3, 0.4) is 0 Å². The van der Waals surface area contributed by atoms with E-state index in [0.717, 1.165) is 55.0 Å². The molecule has 2 heteroatoms. The highest BCUT2D eigenvalue weighted by Gasteiger charge is 2.24. The SMILES string of the molecule is c1ccc(-c2ccc3oc4ccc(-c5c6ccccc6c(-c6cccc7c6oc6cccc(-c8c9ccccc9c(-c9ccccc9)c9ccccc89)c67)c6ccccc56)cc4c3c2)cc1. The molecule has 0 saturated heterocycles. The number of fused-ring (bicyclic) bond motifs is 10. The molecule has 0 N–H and O–H groups in total. The van der Waals surface area contributed by atoms with Crippen molar-refractivity contribution in [2.24, 2.45) is 0 Å². The molecule has 0 amide bonds. The Hall–Kier alpha value is -8.72. The summed E-state index contributed by atoms with van der Waals surface area (Å²) in [5.41, 5.74) is 15.4. The molecule has 0 aliphatic carbocycles. The topological polar surface area (TPSA) is 26.3 Å². The molecular weight excluding hydrogens is 801 g/mol. The minimum absolute atomic E-state index is 0.872. The summed E-state index contributed by atoms with van der Waals surface area (Å²) in [5, 5.41) is 14.1. The first-order valence-corrected chi connectivity index (χ1v) is 22.7. The second kappa shape index (κ2) is 14.4. The van der Waals surface area contributed by atoms with Crippen LogP contribution >= 0.6 is 0 Å². The Labute approximate surface area is 380 Å². The van der Waals surface area contributed by atoms with E-state index >= 15 is 0 Å². The molecule has 0 atom stereocenters. The Morgan fingerprint density at radius 2 is 0.621 bits per heavy atom. The van der Waals surface area contributed by atoms with E-state index in [0.29, 0.717) is 0 Å². The normalized spacial score (nSPS) is 11.9. The van der Waals surface area contributed by atoms with Gasteiger partial charge in [0.2, 0.25) is 0 Å². The summed E-state index contributed by atoms with van der Waals surface area (Å²) in [6.45, 7) is 0. The van der Waals surface area contributed by atoms with E-state index < -0.39 is 0 Å². The first-order valence-electron chi connectivity index (χ1n) is 22.7. The lowest BCUT2D eigenvalue weighted by atomic mass is 9.84. The fraction of sp³-hybridized carbons (Fsp3) is 0. The summed E-state index contributed by atoms with van der Waals surface area (Å²) in [5.74, 6) is 0. The van der Waals surface area contributed by atoms with Crippen molar-refractivity contribution in [2.75, 3.05) is 0 Å². The standard InChI is InChI=1S/C64H38O2/c1-3-17-39(18-4-1)41-33-35-56-54(37-41)55-38-42(34-36-57(55)65-56)60-45-23-9-13-27-49(45)62(50-28-14-10-24-46(50)60)52-30-15-31-53-63-51(29-16-32-58(63)66-64(52)53)61-47-25-11-7-21-43(47)59(40-19-5-2-6-20-40)44-22-8-12-26-48(44)61/h1-38H. The van der Waals surface area contributed by atoms with Crippen LogP contribution in [0, 0.1) is 0 Å². The van der Waals surface area contributed by atoms with Crippen molar-refractivity contribution in [3.63, 3.8) is 0 Å². The monoisotopic (exact) mass is 838 g/mol. The van der Waals surface area contributed by atoms with Crippen LogP contribution in [0.4, 0.5) is 0 Å². The highest BCUT2D eigenvalue weighted by molar-refractivity contribution is 6.28. The summed E-state index contributed by atoms with van der Waals surface area (Å²) in [4.78, 5) is 0. The van der Waals surface area contributed by atoms with Crippen molar-refractivity contribution in [3.8, 4) is 55.6 Å². The van der Waals surface area contributed by atoms with Crippen LogP contribution in [-0.4, -0.2) is 0 Å². The van der Waals surface area contributed by atoms with E-state index in [4.69, 9.17) is 8.83 Å². The summed E-state index contributed by atoms with van der Waals surface area (Å²) in [6.07, 6.45) is 0. The predicted molar refractivity (Wildman–Crippen MR) is 278 cm³/mol. The van der Waals surface area contributed by atoms with Crippen LogP contribution < -0.4 is 0 Å². The molecule has 14 rings (SSSR count). The zero-order valence-corrected chi connectivity index (χ0v) is 35.8. The van der Waals surface area contributed by atoms with Crippen molar-refractivity contribution < 1.29 is 8.83 Å². The van der Waals surface area contributed by atoms with Crippen LogP contribution in [0.1, 0.15) is 0 Å². The Kier molecular flexibility index (Phi) is 8.02. The Morgan fingerprint density at radius 3 is 1.18 bits per heavy atom. The van der Waals surface area contributed by atoms with Crippen molar-refractivity contribution in [3.05, 3.63) is 231 Å². The van der Waals surface area contributed by atoms with Gasteiger partial charge in [-0.25, -0.2) is 0 Å². The van der Waals surface area contributed by atoms with E-state index in [9.17, 15) is 0 Å². The molecule has 66 heavy (non-hydrogen) atoms. The molecule has 0 bridgehead atoms. The molecule has 12 aromatic carbocycles. The van der Waals surface area contributed by atoms with Gasteiger partial charge in [-0.1, -0.05) is 200 Å². The van der Waals surface area contributed by atoms with Gasteiger partial charge >= 0.3 is 0 Å². The highest BCUT2D eigenvalue weighted by Crippen LogP contribution is 2.50. The Morgan fingerprint density at radius 1 is 0.212 bits per heavy atom. The predicted octanol–water partition coefficient (Wildman–Crippen LogP) is 18.4. The molecule has 0 unspecified atom stereocenters. The third-order valence-corrected chi connectivity index (χ3v) is 13.9. The summed E-state index contributed by atoms with van der Waals surface area (Å²) >= 11 is 0. The number of benzene rings is 12. The summed E-state index contributed by atoms with van der Waals surface area (Å²) in [7, 11) is 0. The van der Waals surface area contributed by atoms with Crippen LogP contribution in [0.25, 0.3) is 143 Å². The van der Waals surface area contributed by atoms with Crippen LogP contribution in [0.15, 0.2) is 239 Å². The molecule has 0 aliphatic rings. The Balaban J connectivity index is 1.01. The number of hydrogen-bond donors (Lipinski definition) is 0. The minimum Gasteiger partial charge on any atom is -0.456 e. The van der Waals surface area contributed by atoms with Gasteiger partial charge in [-0.05, 0) is 118 Å². The second-order valence-electron chi connectivity index (χ2n) is 17.4. The molecule has 14 aromatic rings. The lowest BCUT2D eigenvalue weighted by molar-refractivity contribution is 0.669. The van der Waals surface area contributed by atoms with Gasteiger partial charge in [0.25, 0.3) is 0 Å². The average molecular weight is 839 g/mol. The maximum absolute atomic E-state index is 7.14. The van der Waals surface area contributed by atoms with Gasteiger partial charge in [0.1, 0.15) is 22.3 Å². The van der Waals surface area contributed by atoms with Gasteiger partial charge in [-0.3, -0.25) is 0 Å². The lowest BCUT2D eigenvalue weighted by Gasteiger charge is -2.18. The fourth-order valence-electron chi connectivity index (χ4n) is 11.1. The summed E-state index contributed by atoms with van der Waals surface area (Å²) < 4.78 is 13.6. The number of rotatable bonds is 5. The van der Waals surface area contributed by atoms with Crippen molar-refractivity contribution in [1.29, 1.82) is 0 Å². The number of hydrogen-bond acceptors (Lipinski definition) is 2. The molecule has 0 fully saturated rings. The summed E-state index contributed by atoms with van der Waals surface area (Å²) in [6, 6.07) is 83.3. The smallest absolute Gasteiger partial charge is 0.143 e. The number of para-hydroxylation sites is 1. The zero-order valence-electron chi connectivity index (χ0n) is 35.8. The molecule has 0 saturated carbocycles. The third kappa shape index (κ3) is 5.42. The van der Waals surface area contributed by atoms with Crippen molar-refractivity contribution in [2.45, 2.75) is 0 Å². The molecule has 2 heterocycles. The highest BCUT2D eigenvalue weighted by atomic mass is 16.3. The van der Waals surface area contributed by atoms with E-state index in [1.807, 2.05) is 0 Å². The molecular formula is C64H38O2. The maximum atomic E-state index is 7.14. The van der Waals surface area contributed by atoms with E-state index in [-0.39, 0.29) is 0 Å². The van der Waals surface area contributed by atoms with Gasteiger partial charge in [0.15, 0.2) is 0 Å². The van der Waals surface area contributed by atoms with Gasteiger partial charge in [-0.15, -0.1) is 0 Å². The largest absolute Gasteiger partial charge is 0.456 e. The van der Waals surface area contributed by atoms with Gasteiger partial charge in [0.05, 0.1) is 0 Å². The maximum Gasteiger partial charge on any atom is 0.143 e. The molecule has 2 aromatic heterocycles. The van der Waals surface area contributed by atoms with Crippen molar-refractivity contribution in [1.82, 2.24) is 0 Å². The van der Waals surface area contributed by atoms with E-state index in [2.05, 4.69) is 231 Å². The minimum atomic E-state index is 0.872. The quantitative estimate of drug-likeness (QED) is 0.161. The molecule has 306 valence electrons. The van der Waals surface area contributed by atoms with Gasteiger partial charge < -0.3 is 8.83 Å². The lowest BCUT2D eigenvalue weighted by Crippen LogP contribution is -1.91. The molecule has 0 aliphatic heterocycles. The van der Waals surface area contributed by atoms with Gasteiger partial charge in [0, 0.05) is 32.7 Å². The van der Waals surface area contributed by atoms with E-state index in [1.165, 1.54) is 87.6 Å². The Bertz CT molecular complexity index is 4150. The van der Waals surface area contributed by atoms with E-state index in [1.54, 1.807) is 0 Å². The molecule has 2 nitrogen and oxygen atoms in total. The average Bonchev–Trinajstić information content (AvgIpc) is 3.96. The zero-order chi connectivity index (χ0) is 43.3. The first kappa shape index (κ1) is 36.7. The second-order valence-corrected chi connectivity index (χ2v) is 17.4.